The van der Waals surface area contributed by atoms with Crippen molar-refractivity contribution in [2.45, 2.75) is 99.2 Å². The summed E-state index contributed by atoms with van der Waals surface area (Å²) < 4.78 is 35.5. The zero-order valence-corrected chi connectivity index (χ0v) is 42.3. The SMILES string of the molecule is CCOc1nn(CCO)c2c1/C=C/c1nn(Cn3ncc4c3O[C@@H](C)CN(C)Cc3c(c(OC(C)C)nn3CCO)/C=C/c3[nH]nc5ccc-4cc35)c3ccc(cc13)-c1cnn(CC)c1O[C@@H](C)CN(C)C2. The predicted molar refractivity (Wildman–Crippen MR) is 276 cm³/mol. The van der Waals surface area contributed by atoms with Crippen molar-refractivity contribution in [3.05, 3.63) is 82.7 Å². The topological polar surface area (TPSA) is 202 Å². The average Bonchev–Trinajstić information content (AvgIpc) is 4.21. The molecule has 8 heterocycles. The molecule has 0 radical (unpaired) electrons. The number of hydrogen-bond donors (Lipinski definition) is 3. The number of aryl methyl sites for hydroxylation is 1. The zero-order chi connectivity index (χ0) is 50.2. The fraction of sp³-hybridized carbons (Fsp3) is 0.423. The Morgan fingerprint density at radius 3 is 1.94 bits per heavy atom. The molecule has 72 heavy (non-hydrogen) atoms. The van der Waals surface area contributed by atoms with Crippen molar-refractivity contribution in [3.63, 3.8) is 0 Å². The number of rotatable bonds is 11. The molecule has 6 aromatic heterocycles. The van der Waals surface area contributed by atoms with Crippen LogP contribution in [0, 0.1) is 0 Å². The van der Waals surface area contributed by atoms with Crippen molar-refractivity contribution in [1.82, 2.24) is 68.9 Å². The lowest BCUT2D eigenvalue weighted by Crippen LogP contribution is -2.32. The van der Waals surface area contributed by atoms with Gasteiger partial charge in [-0.1, -0.05) is 12.1 Å². The van der Waals surface area contributed by atoms with Crippen molar-refractivity contribution in [1.29, 1.82) is 0 Å². The molecule has 0 amide bonds. The van der Waals surface area contributed by atoms with E-state index in [1.165, 1.54) is 0 Å². The highest BCUT2D eigenvalue weighted by molar-refractivity contribution is 5.95. The number of fused-ring (bicyclic) bond motifs is 8. The Morgan fingerprint density at radius 1 is 0.708 bits per heavy atom. The molecule has 8 aromatic rings. The summed E-state index contributed by atoms with van der Waals surface area (Å²) in [5, 5.41) is 54.6. The van der Waals surface area contributed by atoms with Gasteiger partial charge in [-0.05, 0) is 115 Å². The predicted octanol–water partition coefficient (Wildman–Crippen LogP) is 6.50. The monoisotopic (exact) mass is 981 g/mol. The molecule has 4 bridgehead atoms. The number of nitrogens with one attached hydrogen (secondary N) is 1. The van der Waals surface area contributed by atoms with Crippen LogP contribution in [0.1, 0.15) is 75.4 Å². The number of aromatic nitrogens is 12. The Kier molecular flexibility index (Phi) is 13.7. The van der Waals surface area contributed by atoms with Crippen LogP contribution in [0.2, 0.25) is 0 Å². The van der Waals surface area contributed by atoms with Crippen LogP contribution in [0.15, 0.2) is 48.8 Å². The van der Waals surface area contributed by atoms with Gasteiger partial charge in [0.15, 0.2) is 0 Å². The second-order valence-corrected chi connectivity index (χ2v) is 18.9. The van der Waals surface area contributed by atoms with Crippen LogP contribution in [0.25, 0.3) is 68.4 Å². The largest absolute Gasteiger partial charge is 0.476 e. The Morgan fingerprint density at radius 2 is 1.31 bits per heavy atom. The number of aromatic amines is 1. The van der Waals surface area contributed by atoms with E-state index < -0.39 is 0 Å². The highest BCUT2D eigenvalue weighted by Crippen LogP contribution is 2.38. The van der Waals surface area contributed by atoms with Crippen molar-refractivity contribution in [2.75, 3.05) is 47.0 Å². The molecule has 2 aliphatic rings. The summed E-state index contributed by atoms with van der Waals surface area (Å²) in [6.07, 6.45) is 11.2. The van der Waals surface area contributed by atoms with E-state index in [4.69, 9.17) is 44.4 Å². The van der Waals surface area contributed by atoms with Gasteiger partial charge in [-0.3, -0.25) is 24.3 Å². The van der Waals surface area contributed by atoms with E-state index in [1.807, 2.05) is 93.0 Å². The summed E-state index contributed by atoms with van der Waals surface area (Å²) in [6.45, 7) is 16.1. The quantitative estimate of drug-likeness (QED) is 0.127. The summed E-state index contributed by atoms with van der Waals surface area (Å²) in [4.78, 5) is 4.39. The van der Waals surface area contributed by atoms with E-state index >= 15 is 0 Å². The van der Waals surface area contributed by atoms with E-state index in [2.05, 4.69) is 79.1 Å². The Bertz CT molecular complexity index is 3280. The normalized spacial score (nSPS) is 17.7. The number of nitrogens with zero attached hydrogens (tertiary/aromatic N) is 13. The molecule has 0 saturated carbocycles. The van der Waals surface area contributed by atoms with E-state index in [0.717, 1.165) is 78.0 Å². The molecule has 10 rings (SSSR count). The third-order valence-corrected chi connectivity index (χ3v) is 12.9. The molecule has 20 nitrogen and oxygen atoms in total. The molecule has 0 fully saturated rings. The van der Waals surface area contributed by atoms with Crippen LogP contribution in [-0.2, 0) is 39.4 Å². The number of hydrogen-bond acceptors (Lipinski definition) is 14. The number of ether oxygens (including phenoxy) is 4. The maximum Gasteiger partial charge on any atom is 0.240 e. The van der Waals surface area contributed by atoms with Crippen molar-refractivity contribution in [2.24, 2.45) is 0 Å². The number of aliphatic hydroxyl groups excluding tert-OH is 2. The Labute approximate surface area is 417 Å². The van der Waals surface area contributed by atoms with Gasteiger partial charge < -0.3 is 29.2 Å². The molecule has 2 aromatic carbocycles. The highest BCUT2D eigenvalue weighted by Gasteiger charge is 2.27. The second kappa shape index (κ2) is 20.5. The lowest BCUT2D eigenvalue weighted by atomic mass is 10.0. The summed E-state index contributed by atoms with van der Waals surface area (Å²) >= 11 is 0. The third-order valence-electron chi connectivity index (χ3n) is 12.9. The number of aliphatic hydroxyl groups is 2. The first kappa shape index (κ1) is 48.4. The number of benzene rings is 2. The first-order valence-electron chi connectivity index (χ1n) is 24.8. The summed E-state index contributed by atoms with van der Waals surface area (Å²) in [6, 6.07) is 12.5. The molecule has 0 aliphatic carbocycles. The molecule has 2 atom stereocenters. The molecular weight excluding hydrogens is 917 g/mol. The van der Waals surface area contributed by atoms with Gasteiger partial charge in [0.2, 0.25) is 23.5 Å². The van der Waals surface area contributed by atoms with Gasteiger partial charge in [-0.2, -0.15) is 20.4 Å². The van der Waals surface area contributed by atoms with Gasteiger partial charge >= 0.3 is 0 Å². The van der Waals surface area contributed by atoms with Crippen molar-refractivity contribution >= 4 is 46.1 Å². The van der Waals surface area contributed by atoms with Gasteiger partial charge in [-0.15, -0.1) is 10.2 Å². The maximum atomic E-state index is 10.1. The van der Waals surface area contributed by atoms with Gasteiger partial charge in [0.1, 0.15) is 18.9 Å². The maximum absolute atomic E-state index is 10.1. The molecule has 378 valence electrons. The minimum Gasteiger partial charge on any atom is -0.476 e. The van der Waals surface area contributed by atoms with Crippen molar-refractivity contribution < 1.29 is 29.2 Å². The molecular formula is C52H64N14O6. The molecule has 3 N–H and O–H groups in total. The van der Waals surface area contributed by atoms with Gasteiger partial charge in [0.25, 0.3) is 0 Å². The van der Waals surface area contributed by atoms with E-state index in [1.54, 1.807) is 0 Å². The lowest BCUT2D eigenvalue weighted by molar-refractivity contribution is 0.143. The van der Waals surface area contributed by atoms with Crippen LogP contribution in [0.5, 0.6) is 23.5 Å². The zero-order valence-electron chi connectivity index (χ0n) is 42.3. The number of H-pyrrole nitrogens is 1. The van der Waals surface area contributed by atoms with Crippen LogP contribution >= 0.6 is 0 Å². The van der Waals surface area contributed by atoms with Crippen LogP contribution in [-0.4, -0.2) is 144 Å². The molecule has 20 heteroatoms. The van der Waals surface area contributed by atoms with E-state index in [0.29, 0.717) is 75.9 Å². The molecule has 0 spiro atoms. The van der Waals surface area contributed by atoms with E-state index in [-0.39, 0.29) is 38.2 Å². The van der Waals surface area contributed by atoms with Gasteiger partial charge in [0, 0.05) is 43.5 Å². The van der Waals surface area contributed by atoms with Crippen LogP contribution in [0.3, 0.4) is 0 Å². The highest BCUT2D eigenvalue weighted by atomic mass is 16.5. The van der Waals surface area contributed by atoms with E-state index in [9.17, 15) is 10.2 Å². The standard InChI is InChI=1S/C52H64N14O6/c1-9-62-51-41(25-53-62)36-12-18-46-40(24-36)45(17-14-37-47(29-60(7)27-33(5)71-51)63(19-21-67)58-49(37)69-10-2)57-65(46)31-66-52-42(26-54-66)35-11-15-43-39(23-35)44(56-55-43)16-13-38-48(30-61(8)28-34(6)72-52)64(20-22-68)59-50(38)70-32(3)4/h11-18,23-26,32-34,67-68H,9-10,19-22,27-31H2,1-8H3,(H,55,56)/b16-13+,17-14+/t33-,34-/m0/s1. The molecule has 0 unspecified atom stereocenters. The smallest absolute Gasteiger partial charge is 0.240 e. The summed E-state index contributed by atoms with van der Waals surface area (Å²) in [7, 11) is 4.11. The Balaban J connectivity index is 1.09. The minimum absolute atomic E-state index is 0.0715. The fourth-order valence-corrected chi connectivity index (χ4v) is 9.83. The van der Waals surface area contributed by atoms with Crippen LogP contribution < -0.4 is 18.9 Å². The fourth-order valence-electron chi connectivity index (χ4n) is 9.83. The van der Waals surface area contributed by atoms with Gasteiger partial charge in [-0.25, -0.2) is 14.0 Å². The third kappa shape index (κ3) is 9.49. The van der Waals surface area contributed by atoms with Crippen LogP contribution in [0.4, 0.5) is 0 Å². The van der Waals surface area contributed by atoms with Gasteiger partial charge in [0.05, 0.1) is 107 Å². The van der Waals surface area contributed by atoms with Crippen molar-refractivity contribution in [3.8, 4) is 45.8 Å². The second-order valence-electron chi connectivity index (χ2n) is 18.9. The minimum atomic E-state index is -0.299. The first-order chi connectivity index (χ1) is 34.9. The number of likely N-dealkylation sites (N-methyl/N-ethyl adjacent to an activating group) is 2. The lowest BCUT2D eigenvalue weighted by Gasteiger charge is -2.24. The summed E-state index contributed by atoms with van der Waals surface area (Å²) in [5.41, 5.74) is 10.3. The average molecular weight is 981 g/mol. The first-order valence-corrected chi connectivity index (χ1v) is 24.8. The molecule has 0 saturated heterocycles. The summed E-state index contributed by atoms with van der Waals surface area (Å²) in [5.74, 6) is 2.29. The Hall–Kier alpha value is -7.26. The molecule has 2 aliphatic heterocycles.